The number of nitrogens with zero attached hydrogens (tertiary/aromatic N) is 3. The maximum Gasteiger partial charge on any atom is 0.409 e. The monoisotopic (exact) mass is 388 g/mol. The van der Waals surface area contributed by atoms with Crippen LogP contribution in [0.2, 0.25) is 0 Å². The molecule has 0 saturated carbocycles. The van der Waals surface area contributed by atoms with E-state index in [9.17, 15) is 4.79 Å². The summed E-state index contributed by atoms with van der Waals surface area (Å²) >= 11 is 1.79. The lowest BCUT2D eigenvalue weighted by Crippen LogP contribution is -2.52. The molecule has 4 rings (SSSR count). The Morgan fingerprint density at radius 1 is 1.22 bits per heavy atom. The molecule has 146 valence electrons. The Kier molecular flexibility index (Phi) is 5.78. The number of piperidine rings is 2. The molecule has 3 heterocycles. The number of benzene rings is 1. The molecule has 0 spiro atoms. The topological polar surface area (TPSA) is 57.7 Å². The number of rotatable bonds is 4. The number of carbonyl (C=O) groups excluding carboxylic acids is 1. The van der Waals surface area contributed by atoms with Gasteiger partial charge in [0.25, 0.3) is 0 Å². The lowest BCUT2D eigenvalue weighted by molar-refractivity contribution is 0.0939. The molecule has 1 atom stereocenters. The summed E-state index contributed by atoms with van der Waals surface area (Å²) in [7, 11) is 0. The van der Waals surface area contributed by atoms with Crippen molar-refractivity contribution >= 4 is 32.8 Å². The summed E-state index contributed by atoms with van der Waals surface area (Å²) in [5.74, 6) is 0. The van der Waals surface area contributed by atoms with Crippen molar-refractivity contribution in [3.63, 3.8) is 0 Å². The first kappa shape index (κ1) is 18.5. The SMILES string of the molecule is CCOC(=O)N1CCC(NC2CCCN(c3nc4ccccc4s3)C2)CC1. The van der Waals surface area contributed by atoms with Gasteiger partial charge in [0.1, 0.15) is 0 Å². The van der Waals surface area contributed by atoms with E-state index < -0.39 is 0 Å². The molecule has 6 nitrogen and oxygen atoms in total. The minimum Gasteiger partial charge on any atom is -0.450 e. The first-order valence-corrected chi connectivity index (χ1v) is 10.8. The number of likely N-dealkylation sites (tertiary alicyclic amines) is 1. The van der Waals surface area contributed by atoms with Gasteiger partial charge in [-0.05, 0) is 44.7 Å². The molecule has 1 N–H and O–H groups in total. The highest BCUT2D eigenvalue weighted by Crippen LogP contribution is 2.30. The van der Waals surface area contributed by atoms with Crippen molar-refractivity contribution in [2.45, 2.75) is 44.7 Å². The van der Waals surface area contributed by atoms with Gasteiger partial charge in [-0.1, -0.05) is 23.5 Å². The average molecular weight is 389 g/mol. The highest BCUT2D eigenvalue weighted by Gasteiger charge is 2.28. The quantitative estimate of drug-likeness (QED) is 0.869. The Morgan fingerprint density at radius 3 is 2.81 bits per heavy atom. The Labute approximate surface area is 164 Å². The maximum atomic E-state index is 11.8. The van der Waals surface area contributed by atoms with E-state index in [1.807, 2.05) is 11.8 Å². The van der Waals surface area contributed by atoms with Crippen LogP contribution in [0.3, 0.4) is 0 Å². The Balaban J connectivity index is 1.31. The van der Waals surface area contributed by atoms with Crippen molar-refractivity contribution < 1.29 is 9.53 Å². The number of hydrogen-bond acceptors (Lipinski definition) is 6. The van der Waals surface area contributed by atoms with Crippen molar-refractivity contribution in [3.8, 4) is 0 Å². The minimum absolute atomic E-state index is 0.171. The largest absolute Gasteiger partial charge is 0.450 e. The molecule has 1 unspecified atom stereocenters. The number of amides is 1. The highest BCUT2D eigenvalue weighted by molar-refractivity contribution is 7.22. The lowest BCUT2D eigenvalue weighted by atomic mass is 10.0. The van der Waals surface area contributed by atoms with Gasteiger partial charge in [-0.3, -0.25) is 0 Å². The van der Waals surface area contributed by atoms with Gasteiger partial charge in [0.2, 0.25) is 0 Å². The number of thiazole rings is 1. The molecule has 2 aromatic rings. The van der Waals surface area contributed by atoms with Crippen LogP contribution in [0, 0.1) is 0 Å². The van der Waals surface area contributed by atoms with Gasteiger partial charge in [0, 0.05) is 38.3 Å². The molecule has 1 amide bonds. The van der Waals surface area contributed by atoms with Crippen LogP contribution in [0.4, 0.5) is 9.93 Å². The second-order valence-corrected chi connectivity index (χ2v) is 8.39. The summed E-state index contributed by atoms with van der Waals surface area (Å²) < 4.78 is 6.37. The molecular formula is C20H28N4O2S. The maximum absolute atomic E-state index is 11.8. The second kappa shape index (κ2) is 8.44. The van der Waals surface area contributed by atoms with E-state index in [0.717, 1.165) is 49.7 Å². The fourth-order valence-electron chi connectivity index (χ4n) is 4.06. The second-order valence-electron chi connectivity index (χ2n) is 7.38. The number of carbonyl (C=O) groups is 1. The molecule has 0 aliphatic carbocycles. The van der Waals surface area contributed by atoms with Crippen LogP contribution in [-0.4, -0.2) is 60.8 Å². The van der Waals surface area contributed by atoms with E-state index in [2.05, 4.69) is 34.5 Å². The van der Waals surface area contributed by atoms with Crippen LogP contribution >= 0.6 is 11.3 Å². The summed E-state index contributed by atoms with van der Waals surface area (Å²) in [6.45, 7) is 5.96. The van der Waals surface area contributed by atoms with Crippen LogP contribution in [0.5, 0.6) is 0 Å². The van der Waals surface area contributed by atoms with Gasteiger partial charge >= 0.3 is 6.09 Å². The van der Waals surface area contributed by atoms with Crippen molar-refractivity contribution in [1.29, 1.82) is 0 Å². The van der Waals surface area contributed by atoms with Crippen LogP contribution < -0.4 is 10.2 Å². The minimum atomic E-state index is -0.171. The number of ether oxygens (including phenoxy) is 1. The summed E-state index contributed by atoms with van der Waals surface area (Å²) in [6, 6.07) is 9.34. The lowest BCUT2D eigenvalue weighted by Gasteiger charge is -2.38. The van der Waals surface area contributed by atoms with Crippen LogP contribution in [0.25, 0.3) is 10.2 Å². The Bertz CT molecular complexity index is 739. The number of anilines is 1. The molecule has 7 heteroatoms. The predicted molar refractivity (Wildman–Crippen MR) is 110 cm³/mol. The van der Waals surface area contributed by atoms with Crippen LogP contribution in [0.15, 0.2) is 24.3 Å². The first-order chi connectivity index (χ1) is 13.2. The molecular weight excluding hydrogens is 360 g/mol. The molecule has 2 aliphatic heterocycles. The van der Waals surface area contributed by atoms with E-state index in [1.165, 1.54) is 17.5 Å². The summed E-state index contributed by atoms with van der Waals surface area (Å²) in [5, 5.41) is 4.98. The number of para-hydroxylation sites is 1. The van der Waals surface area contributed by atoms with Crippen molar-refractivity contribution in [2.75, 3.05) is 37.7 Å². The van der Waals surface area contributed by atoms with Crippen molar-refractivity contribution in [2.24, 2.45) is 0 Å². The molecule has 0 bridgehead atoms. The van der Waals surface area contributed by atoms with Crippen LogP contribution in [0.1, 0.15) is 32.6 Å². The average Bonchev–Trinajstić information content (AvgIpc) is 3.13. The zero-order valence-electron chi connectivity index (χ0n) is 15.9. The summed E-state index contributed by atoms with van der Waals surface area (Å²) in [4.78, 5) is 20.9. The molecule has 0 radical (unpaired) electrons. The third-order valence-electron chi connectivity index (χ3n) is 5.47. The first-order valence-electron chi connectivity index (χ1n) is 10.0. The number of hydrogen-bond donors (Lipinski definition) is 1. The van der Waals surface area contributed by atoms with Crippen LogP contribution in [-0.2, 0) is 4.74 Å². The zero-order chi connectivity index (χ0) is 18.6. The Hall–Kier alpha value is -1.86. The van der Waals surface area contributed by atoms with Crippen molar-refractivity contribution in [1.82, 2.24) is 15.2 Å². The molecule has 2 saturated heterocycles. The molecule has 1 aromatic carbocycles. The molecule has 2 aliphatic rings. The van der Waals surface area contributed by atoms with Gasteiger partial charge in [-0.15, -0.1) is 0 Å². The number of aromatic nitrogens is 1. The molecule has 2 fully saturated rings. The highest BCUT2D eigenvalue weighted by atomic mass is 32.1. The van der Waals surface area contributed by atoms with Gasteiger partial charge in [0.05, 0.1) is 16.8 Å². The normalized spacial score (nSPS) is 21.6. The van der Waals surface area contributed by atoms with E-state index >= 15 is 0 Å². The van der Waals surface area contributed by atoms with Gasteiger partial charge in [-0.25, -0.2) is 9.78 Å². The van der Waals surface area contributed by atoms with E-state index in [0.29, 0.717) is 18.7 Å². The summed E-state index contributed by atoms with van der Waals surface area (Å²) in [6.07, 6.45) is 4.22. The van der Waals surface area contributed by atoms with Crippen molar-refractivity contribution in [3.05, 3.63) is 24.3 Å². The fraction of sp³-hybridized carbons (Fsp3) is 0.600. The van der Waals surface area contributed by atoms with Gasteiger partial charge in [0.15, 0.2) is 5.13 Å². The van der Waals surface area contributed by atoms with Gasteiger partial charge < -0.3 is 19.9 Å². The number of fused-ring (bicyclic) bond motifs is 1. The summed E-state index contributed by atoms with van der Waals surface area (Å²) in [5.41, 5.74) is 1.10. The predicted octanol–water partition coefficient (Wildman–Crippen LogP) is 3.48. The van der Waals surface area contributed by atoms with Gasteiger partial charge in [-0.2, -0.15) is 0 Å². The standard InChI is InChI=1S/C20H28N4O2S/c1-2-26-20(25)23-12-9-15(10-13-23)21-16-6-5-11-24(14-16)19-22-17-7-3-4-8-18(17)27-19/h3-4,7-8,15-16,21H,2,5-6,9-14H2,1H3. The van der Waals surface area contributed by atoms with E-state index in [-0.39, 0.29) is 6.09 Å². The third kappa shape index (κ3) is 4.35. The Morgan fingerprint density at radius 2 is 2.04 bits per heavy atom. The third-order valence-corrected chi connectivity index (χ3v) is 6.56. The number of nitrogens with one attached hydrogen (secondary N) is 1. The molecule has 1 aromatic heterocycles. The molecule has 27 heavy (non-hydrogen) atoms. The fourth-order valence-corrected chi connectivity index (χ4v) is 5.06. The van der Waals surface area contributed by atoms with E-state index in [4.69, 9.17) is 9.72 Å². The smallest absolute Gasteiger partial charge is 0.409 e. The zero-order valence-corrected chi connectivity index (χ0v) is 16.7. The van der Waals surface area contributed by atoms with E-state index in [1.54, 1.807) is 11.3 Å².